The quantitative estimate of drug-likeness (QED) is 0.595. The van der Waals surface area contributed by atoms with Gasteiger partial charge in [0.1, 0.15) is 0 Å². The van der Waals surface area contributed by atoms with Crippen LogP contribution in [0.15, 0.2) is 30.4 Å². The number of imide groups is 1. The van der Waals surface area contributed by atoms with Gasteiger partial charge in [-0.15, -0.1) is 0 Å². The highest BCUT2D eigenvalue weighted by molar-refractivity contribution is 6.13. The minimum Gasteiger partial charge on any atom is -0.269 e. The second kappa shape index (κ2) is 6.05. The summed E-state index contributed by atoms with van der Waals surface area (Å²) in [6.07, 6.45) is 3.71. The van der Waals surface area contributed by atoms with E-state index in [0.717, 1.165) is 12.0 Å². The van der Waals surface area contributed by atoms with E-state index in [1.165, 1.54) is 28.2 Å². The maximum Gasteiger partial charge on any atom is 0.254 e. The van der Waals surface area contributed by atoms with Crippen molar-refractivity contribution in [1.82, 2.24) is 4.90 Å². The molecule has 3 rings (SSSR count). The van der Waals surface area contributed by atoms with Crippen LogP contribution in [0.2, 0.25) is 0 Å². The first-order valence-electron chi connectivity index (χ1n) is 10.3. The van der Waals surface area contributed by atoms with Gasteiger partial charge in [0.2, 0.25) is 0 Å². The van der Waals surface area contributed by atoms with Crippen LogP contribution in [0.1, 0.15) is 85.0 Å². The highest BCUT2D eigenvalue weighted by Gasteiger charge is 2.63. The molecule has 1 aliphatic carbocycles. The summed E-state index contributed by atoms with van der Waals surface area (Å²) in [5.74, 6) is -0.385. The Labute approximate surface area is 170 Å². The molecule has 152 valence electrons. The van der Waals surface area contributed by atoms with Crippen LogP contribution < -0.4 is 0 Å². The molecular formula is C25H35NO2. The third kappa shape index (κ3) is 2.77. The van der Waals surface area contributed by atoms with Crippen LogP contribution in [0.5, 0.6) is 0 Å². The average Bonchev–Trinajstić information content (AvgIpc) is 3.03. The van der Waals surface area contributed by atoms with Crippen LogP contribution in [0, 0.1) is 16.2 Å². The lowest BCUT2D eigenvalue weighted by Gasteiger charge is -2.56. The van der Waals surface area contributed by atoms with Gasteiger partial charge in [-0.2, -0.15) is 0 Å². The predicted molar refractivity (Wildman–Crippen MR) is 114 cm³/mol. The van der Waals surface area contributed by atoms with Crippen molar-refractivity contribution in [1.29, 1.82) is 0 Å². The molecule has 2 aliphatic rings. The van der Waals surface area contributed by atoms with Crippen LogP contribution >= 0.6 is 0 Å². The Hall–Kier alpha value is -1.90. The lowest BCUT2D eigenvalue weighted by Crippen LogP contribution is -2.55. The van der Waals surface area contributed by atoms with Crippen molar-refractivity contribution in [2.24, 2.45) is 16.2 Å². The minimum absolute atomic E-state index is 0.000973. The van der Waals surface area contributed by atoms with Crippen molar-refractivity contribution in [3.63, 3.8) is 0 Å². The zero-order valence-electron chi connectivity index (χ0n) is 18.9. The number of amides is 2. The molecular weight excluding hydrogens is 346 g/mol. The summed E-state index contributed by atoms with van der Waals surface area (Å²) in [5, 5.41) is 0. The lowest BCUT2D eigenvalue weighted by molar-refractivity contribution is -0.153. The summed E-state index contributed by atoms with van der Waals surface area (Å²) < 4.78 is 0. The van der Waals surface area contributed by atoms with Crippen LogP contribution in [0.4, 0.5) is 0 Å². The molecule has 1 aromatic carbocycles. The molecule has 3 heteroatoms. The van der Waals surface area contributed by atoms with E-state index in [9.17, 15) is 9.59 Å². The van der Waals surface area contributed by atoms with Gasteiger partial charge in [0, 0.05) is 17.6 Å². The molecule has 1 atom stereocenters. The van der Waals surface area contributed by atoms with Crippen molar-refractivity contribution >= 4 is 11.8 Å². The van der Waals surface area contributed by atoms with Gasteiger partial charge in [-0.1, -0.05) is 80.5 Å². The Morgan fingerprint density at radius 2 is 1.36 bits per heavy atom. The average molecular weight is 382 g/mol. The Bertz CT molecular complexity index is 824. The molecule has 1 aliphatic heterocycles. The van der Waals surface area contributed by atoms with Crippen molar-refractivity contribution in [3.8, 4) is 0 Å². The van der Waals surface area contributed by atoms with Crippen molar-refractivity contribution in [3.05, 3.63) is 47.0 Å². The van der Waals surface area contributed by atoms with E-state index in [1.54, 1.807) is 0 Å². The minimum atomic E-state index is -0.277. The fourth-order valence-electron chi connectivity index (χ4n) is 5.90. The zero-order valence-corrected chi connectivity index (χ0v) is 18.9. The number of hydrogen-bond donors (Lipinski definition) is 0. The molecule has 0 N–H and O–H groups in total. The molecule has 0 radical (unpaired) electrons. The van der Waals surface area contributed by atoms with E-state index < -0.39 is 0 Å². The molecule has 2 amide bonds. The maximum absolute atomic E-state index is 12.8. The molecule has 0 saturated heterocycles. The van der Waals surface area contributed by atoms with E-state index in [4.69, 9.17) is 0 Å². The van der Waals surface area contributed by atoms with Crippen molar-refractivity contribution in [2.45, 2.75) is 80.2 Å². The number of carbonyl (C=O) groups excluding carboxylic acids is 2. The van der Waals surface area contributed by atoms with Crippen LogP contribution in [0.3, 0.4) is 0 Å². The first-order chi connectivity index (χ1) is 12.6. The molecule has 3 nitrogen and oxygen atoms in total. The molecule has 28 heavy (non-hydrogen) atoms. The highest BCUT2D eigenvalue weighted by atomic mass is 16.2. The summed E-state index contributed by atoms with van der Waals surface area (Å²) >= 11 is 0. The van der Waals surface area contributed by atoms with Crippen LogP contribution in [-0.2, 0) is 21.4 Å². The first kappa shape index (κ1) is 20.8. The van der Waals surface area contributed by atoms with E-state index in [2.05, 4.69) is 80.5 Å². The van der Waals surface area contributed by atoms with Gasteiger partial charge in [-0.25, -0.2) is 0 Å². The number of benzene rings is 1. The number of hydrogen-bond acceptors (Lipinski definition) is 2. The second-order valence-corrected chi connectivity index (χ2v) is 11.6. The van der Waals surface area contributed by atoms with Gasteiger partial charge in [-0.05, 0) is 39.4 Å². The maximum atomic E-state index is 12.8. The molecule has 0 spiro atoms. The van der Waals surface area contributed by atoms with E-state index in [1.807, 2.05) is 0 Å². The topological polar surface area (TPSA) is 37.4 Å². The lowest BCUT2D eigenvalue weighted by atomic mass is 9.50. The van der Waals surface area contributed by atoms with Crippen molar-refractivity contribution in [2.75, 3.05) is 0 Å². The summed E-state index contributed by atoms with van der Waals surface area (Å²) in [4.78, 5) is 27.2. The van der Waals surface area contributed by atoms with E-state index in [-0.39, 0.29) is 39.5 Å². The molecule has 0 saturated carbocycles. The molecule has 1 aromatic rings. The Morgan fingerprint density at radius 1 is 0.857 bits per heavy atom. The predicted octanol–water partition coefficient (Wildman–Crippen LogP) is 5.58. The van der Waals surface area contributed by atoms with E-state index in [0.29, 0.717) is 0 Å². The number of rotatable bonds is 1. The van der Waals surface area contributed by atoms with E-state index >= 15 is 0 Å². The summed E-state index contributed by atoms with van der Waals surface area (Å²) in [5.41, 5.74) is 3.26. The van der Waals surface area contributed by atoms with Gasteiger partial charge < -0.3 is 0 Å². The zero-order chi connectivity index (χ0) is 21.3. The molecule has 0 fully saturated rings. The summed E-state index contributed by atoms with van der Waals surface area (Å²) in [6, 6.07) is 6.17. The SMILES string of the molecule is CC(C)(C)c1cccc2c1CC(C(C)(C)C)(C(C)(C)C)[C@H]2N1C(=O)C=CC1=O. The number of fused-ring (bicyclic) bond motifs is 1. The molecule has 0 aromatic heterocycles. The Balaban J connectivity index is 2.38. The van der Waals surface area contributed by atoms with Gasteiger partial charge in [0.25, 0.3) is 11.8 Å². The van der Waals surface area contributed by atoms with Crippen LogP contribution in [0.25, 0.3) is 0 Å². The van der Waals surface area contributed by atoms with Gasteiger partial charge >= 0.3 is 0 Å². The standard InChI is InChI=1S/C25H35NO2/c1-22(2,3)18-12-10-11-16-17(18)15-25(23(4,5)6,24(7,8)9)21(16)26-19(27)13-14-20(26)28/h10-14,21H,15H2,1-9H3/t21-/m0/s1. The Morgan fingerprint density at radius 3 is 1.79 bits per heavy atom. The fraction of sp³-hybridized carbons (Fsp3) is 0.600. The normalized spacial score (nSPS) is 22.2. The van der Waals surface area contributed by atoms with Gasteiger partial charge in [-0.3, -0.25) is 14.5 Å². The van der Waals surface area contributed by atoms with Gasteiger partial charge in [0.05, 0.1) is 6.04 Å². The molecule has 0 unspecified atom stereocenters. The Kier molecular flexibility index (Phi) is 4.50. The first-order valence-corrected chi connectivity index (χ1v) is 10.3. The second-order valence-electron chi connectivity index (χ2n) is 11.6. The summed E-state index contributed by atoms with van der Waals surface area (Å²) in [6.45, 7) is 20.2. The largest absolute Gasteiger partial charge is 0.269 e. The van der Waals surface area contributed by atoms with Crippen LogP contribution in [-0.4, -0.2) is 16.7 Å². The smallest absolute Gasteiger partial charge is 0.254 e. The molecule has 0 bridgehead atoms. The number of carbonyl (C=O) groups is 2. The van der Waals surface area contributed by atoms with Crippen molar-refractivity contribution < 1.29 is 9.59 Å². The third-order valence-corrected chi connectivity index (χ3v) is 7.02. The monoisotopic (exact) mass is 381 g/mol. The highest BCUT2D eigenvalue weighted by Crippen LogP contribution is 2.66. The molecule has 1 heterocycles. The number of nitrogens with zero attached hydrogens (tertiary/aromatic N) is 1. The van der Waals surface area contributed by atoms with Gasteiger partial charge in [0.15, 0.2) is 0 Å². The summed E-state index contributed by atoms with van der Waals surface area (Å²) in [7, 11) is 0. The third-order valence-electron chi connectivity index (χ3n) is 7.02. The fourth-order valence-corrected chi connectivity index (χ4v) is 5.90.